The molecule has 2 rings (SSSR count). The first-order valence-electron chi connectivity index (χ1n) is 8.52. The second-order valence-electron chi connectivity index (χ2n) is 7.91. The number of nitrogens with zero attached hydrogens (tertiary/aromatic N) is 2. The van der Waals surface area contributed by atoms with Gasteiger partial charge in [-0.3, -0.25) is 4.90 Å². The largest absolute Gasteiger partial charge is 0.393 e. The van der Waals surface area contributed by atoms with Crippen LogP contribution >= 0.6 is 0 Å². The molecule has 3 heteroatoms. The SMILES string of the molecule is CCC1CN(C)CCCN1CC1CC(C)(C)CCC1O. The summed E-state index contributed by atoms with van der Waals surface area (Å²) in [4.78, 5) is 5.13. The van der Waals surface area contributed by atoms with E-state index in [-0.39, 0.29) is 6.10 Å². The highest BCUT2D eigenvalue weighted by atomic mass is 16.3. The Morgan fingerprint density at radius 2 is 2.00 bits per heavy atom. The van der Waals surface area contributed by atoms with Gasteiger partial charge in [0.2, 0.25) is 0 Å². The molecule has 0 aromatic rings. The number of hydrogen-bond acceptors (Lipinski definition) is 3. The lowest BCUT2D eigenvalue weighted by atomic mass is 9.70. The minimum absolute atomic E-state index is 0.0819. The Hall–Kier alpha value is -0.120. The monoisotopic (exact) mass is 282 g/mol. The molecule has 3 unspecified atom stereocenters. The number of hydrogen-bond donors (Lipinski definition) is 1. The molecule has 0 radical (unpaired) electrons. The molecule has 0 bridgehead atoms. The lowest BCUT2D eigenvalue weighted by Crippen LogP contribution is -2.46. The molecule has 0 aromatic heterocycles. The van der Waals surface area contributed by atoms with Gasteiger partial charge in [0.25, 0.3) is 0 Å². The van der Waals surface area contributed by atoms with Gasteiger partial charge in [0.05, 0.1) is 6.10 Å². The quantitative estimate of drug-likeness (QED) is 0.862. The third-order valence-corrected chi connectivity index (χ3v) is 5.44. The molecular weight excluding hydrogens is 248 g/mol. The summed E-state index contributed by atoms with van der Waals surface area (Å²) in [5.41, 5.74) is 0.411. The van der Waals surface area contributed by atoms with Crippen molar-refractivity contribution in [3.63, 3.8) is 0 Å². The van der Waals surface area contributed by atoms with Crippen molar-refractivity contribution in [1.29, 1.82) is 0 Å². The van der Waals surface area contributed by atoms with E-state index in [1.165, 1.54) is 45.3 Å². The number of aliphatic hydroxyl groups is 1. The third-order valence-electron chi connectivity index (χ3n) is 5.44. The van der Waals surface area contributed by atoms with Gasteiger partial charge in [0.15, 0.2) is 0 Å². The fraction of sp³-hybridized carbons (Fsp3) is 1.00. The van der Waals surface area contributed by atoms with E-state index in [0.717, 1.165) is 13.0 Å². The molecule has 0 spiro atoms. The van der Waals surface area contributed by atoms with Crippen molar-refractivity contribution in [2.45, 2.75) is 65.0 Å². The summed E-state index contributed by atoms with van der Waals surface area (Å²) < 4.78 is 0. The molecule has 1 saturated heterocycles. The summed E-state index contributed by atoms with van der Waals surface area (Å²) in [5, 5.41) is 10.4. The van der Waals surface area contributed by atoms with E-state index in [9.17, 15) is 5.11 Å². The van der Waals surface area contributed by atoms with Crippen LogP contribution in [-0.4, -0.2) is 60.3 Å². The second-order valence-corrected chi connectivity index (χ2v) is 7.91. The first kappa shape index (κ1) is 16.3. The maximum Gasteiger partial charge on any atom is 0.0581 e. The Labute approximate surface area is 125 Å². The lowest BCUT2D eigenvalue weighted by molar-refractivity contribution is -0.00261. The van der Waals surface area contributed by atoms with Gasteiger partial charge in [-0.15, -0.1) is 0 Å². The predicted octanol–water partition coefficient (Wildman–Crippen LogP) is 2.59. The molecule has 1 aliphatic carbocycles. The van der Waals surface area contributed by atoms with Crippen molar-refractivity contribution in [2.75, 3.05) is 33.2 Å². The van der Waals surface area contributed by atoms with Crippen LogP contribution in [0.5, 0.6) is 0 Å². The van der Waals surface area contributed by atoms with Gasteiger partial charge in [-0.1, -0.05) is 20.8 Å². The fourth-order valence-corrected chi connectivity index (χ4v) is 4.13. The van der Waals surface area contributed by atoms with Crippen LogP contribution in [0.1, 0.15) is 52.9 Å². The van der Waals surface area contributed by atoms with Crippen molar-refractivity contribution >= 4 is 0 Å². The molecule has 0 aromatic carbocycles. The molecule has 1 aliphatic heterocycles. The van der Waals surface area contributed by atoms with E-state index in [1.807, 2.05) is 0 Å². The Morgan fingerprint density at radius 1 is 1.25 bits per heavy atom. The van der Waals surface area contributed by atoms with Crippen molar-refractivity contribution < 1.29 is 5.11 Å². The van der Waals surface area contributed by atoms with Gasteiger partial charge in [0.1, 0.15) is 0 Å². The second kappa shape index (κ2) is 6.76. The molecule has 3 atom stereocenters. The van der Waals surface area contributed by atoms with Crippen LogP contribution in [0, 0.1) is 11.3 Å². The number of likely N-dealkylation sites (N-methyl/N-ethyl adjacent to an activating group) is 1. The zero-order valence-corrected chi connectivity index (χ0v) is 13.9. The molecular formula is C17H34N2O. The van der Waals surface area contributed by atoms with Crippen molar-refractivity contribution in [3.05, 3.63) is 0 Å². The van der Waals surface area contributed by atoms with Crippen LogP contribution in [-0.2, 0) is 0 Å². The van der Waals surface area contributed by atoms with E-state index in [2.05, 4.69) is 37.6 Å². The first-order valence-corrected chi connectivity index (χ1v) is 8.52. The summed E-state index contributed by atoms with van der Waals surface area (Å²) in [6.45, 7) is 11.7. The molecule has 3 nitrogen and oxygen atoms in total. The molecule has 2 fully saturated rings. The zero-order valence-electron chi connectivity index (χ0n) is 13.9. The number of aliphatic hydroxyl groups excluding tert-OH is 1. The highest BCUT2D eigenvalue weighted by molar-refractivity contribution is 4.88. The van der Waals surface area contributed by atoms with Crippen molar-refractivity contribution in [3.8, 4) is 0 Å². The predicted molar refractivity (Wildman–Crippen MR) is 84.9 cm³/mol. The molecule has 1 heterocycles. The van der Waals surface area contributed by atoms with Gasteiger partial charge in [0, 0.05) is 19.1 Å². The summed E-state index contributed by atoms with van der Waals surface area (Å²) >= 11 is 0. The van der Waals surface area contributed by atoms with Gasteiger partial charge in [-0.25, -0.2) is 0 Å². The van der Waals surface area contributed by atoms with Gasteiger partial charge in [-0.2, -0.15) is 0 Å². The minimum atomic E-state index is -0.0819. The third kappa shape index (κ3) is 4.19. The standard InChI is InChI=1S/C17H34N2O/c1-5-15-13-18(4)9-6-10-19(15)12-14-11-17(2,3)8-7-16(14)20/h14-16,20H,5-13H2,1-4H3. The van der Waals surface area contributed by atoms with E-state index in [4.69, 9.17) is 0 Å². The molecule has 0 amide bonds. The summed E-state index contributed by atoms with van der Waals surface area (Å²) in [5.74, 6) is 0.469. The van der Waals surface area contributed by atoms with E-state index in [0.29, 0.717) is 17.4 Å². The molecule has 118 valence electrons. The Kier molecular flexibility index (Phi) is 5.49. The van der Waals surface area contributed by atoms with E-state index in [1.54, 1.807) is 0 Å². The van der Waals surface area contributed by atoms with Crippen LogP contribution in [0.3, 0.4) is 0 Å². The van der Waals surface area contributed by atoms with Gasteiger partial charge < -0.3 is 10.0 Å². The van der Waals surface area contributed by atoms with Crippen LogP contribution in [0.2, 0.25) is 0 Å². The lowest BCUT2D eigenvalue weighted by Gasteiger charge is -2.42. The normalized spacial score (nSPS) is 36.8. The van der Waals surface area contributed by atoms with Gasteiger partial charge >= 0.3 is 0 Å². The molecule has 1 N–H and O–H groups in total. The average Bonchev–Trinajstić information content (AvgIpc) is 2.55. The topological polar surface area (TPSA) is 26.7 Å². The summed E-state index contributed by atoms with van der Waals surface area (Å²) in [6, 6.07) is 0.666. The Morgan fingerprint density at radius 3 is 2.70 bits per heavy atom. The Balaban J connectivity index is 1.98. The van der Waals surface area contributed by atoms with Crippen LogP contribution in [0.15, 0.2) is 0 Å². The van der Waals surface area contributed by atoms with Gasteiger partial charge in [-0.05, 0) is 63.6 Å². The highest BCUT2D eigenvalue weighted by Crippen LogP contribution is 2.39. The minimum Gasteiger partial charge on any atom is -0.393 e. The maximum atomic E-state index is 10.4. The summed E-state index contributed by atoms with van der Waals surface area (Å²) in [6.07, 6.45) is 5.74. The fourth-order valence-electron chi connectivity index (χ4n) is 4.13. The maximum absolute atomic E-state index is 10.4. The number of rotatable bonds is 3. The average molecular weight is 282 g/mol. The van der Waals surface area contributed by atoms with Crippen LogP contribution in [0.4, 0.5) is 0 Å². The van der Waals surface area contributed by atoms with Crippen LogP contribution in [0.25, 0.3) is 0 Å². The van der Waals surface area contributed by atoms with Crippen molar-refractivity contribution in [2.24, 2.45) is 11.3 Å². The first-order chi connectivity index (χ1) is 9.41. The molecule has 1 saturated carbocycles. The Bertz CT molecular complexity index is 305. The molecule has 2 aliphatic rings. The smallest absolute Gasteiger partial charge is 0.0581 e. The summed E-state index contributed by atoms with van der Waals surface area (Å²) in [7, 11) is 2.24. The van der Waals surface area contributed by atoms with E-state index >= 15 is 0 Å². The zero-order chi connectivity index (χ0) is 14.8. The molecule has 20 heavy (non-hydrogen) atoms. The highest BCUT2D eigenvalue weighted by Gasteiger charge is 2.36. The van der Waals surface area contributed by atoms with Crippen LogP contribution < -0.4 is 0 Å². The van der Waals surface area contributed by atoms with Crippen molar-refractivity contribution in [1.82, 2.24) is 9.80 Å². The van der Waals surface area contributed by atoms with E-state index < -0.39 is 0 Å².